The molecule has 4 rings (SSSR count). The predicted molar refractivity (Wildman–Crippen MR) is 88.9 cm³/mol. The number of alkyl halides is 6. The van der Waals surface area contributed by atoms with Crippen LogP contribution in [0.4, 0.5) is 26.3 Å². The Morgan fingerprint density at radius 1 is 0.567 bits per heavy atom. The van der Waals surface area contributed by atoms with E-state index in [4.69, 9.17) is 0 Å². The molecule has 0 N–H and O–H groups in total. The molecule has 12 heteroatoms. The van der Waals surface area contributed by atoms with Crippen molar-refractivity contribution in [3.8, 4) is 11.1 Å². The Balaban J connectivity index is 2.29. The molecule has 0 saturated heterocycles. The number of fused-ring (bicyclic) bond motifs is 2. The Bertz CT molecular complexity index is 1430. The summed E-state index contributed by atoms with van der Waals surface area (Å²) < 4.78 is 88.0. The first-order chi connectivity index (χ1) is 13.8. The molecule has 0 radical (unpaired) electrons. The van der Waals surface area contributed by atoms with E-state index in [0.29, 0.717) is 0 Å². The lowest BCUT2D eigenvalue weighted by molar-refractivity contribution is -0.143. The summed E-state index contributed by atoms with van der Waals surface area (Å²) in [4.78, 5) is 47.9. The second-order valence-electron chi connectivity index (χ2n) is 6.25. The maximum Gasteiger partial charge on any atom is 0.416 e. The van der Waals surface area contributed by atoms with Crippen molar-refractivity contribution in [3.05, 3.63) is 77.1 Å². The van der Waals surface area contributed by atoms with Gasteiger partial charge in [-0.1, -0.05) is 0 Å². The number of hydrogen-bond donors (Lipinski definition) is 0. The fourth-order valence-electron chi connectivity index (χ4n) is 3.20. The van der Waals surface area contributed by atoms with Crippen molar-refractivity contribution in [3.63, 3.8) is 0 Å². The van der Waals surface area contributed by atoms with Crippen LogP contribution in [-0.4, -0.2) is 0 Å². The van der Waals surface area contributed by atoms with Gasteiger partial charge in [-0.25, -0.2) is 19.2 Å². The van der Waals surface area contributed by atoms with E-state index in [-0.39, 0.29) is 18.2 Å². The lowest BCUT2D eigenvalue weighted by Gasteiger charge is -2.14. The minimum Gasteiger partial charge on any atom is -0.386 e. The first kappa shape index (κ1) is 19.6. The van der Waals surface area contributed by atoms with Crippen LogP contribution in [0.1, 0.15) is 11.1 Å². The Kier molecular flexibility index (Phi) is 3.86. The van der Waals surface area contributed by atoms with Crippen LogP contribution in [0.25, 0.3) is 32.7 Å². The highest BCUT2D eigenvalue weighted by Crippen LogP contribution is 2.40. The first-order valence-corrected chi connectivity index (χ1v) is 7.83. The molecular weight excluding hydrogens is 426 g/mol. The van der Waals surface area contributed by atoms with Crippen LogP contribution in [0.3, 0.4) is 0 Å². The Hall–Kier alpha value is -3.70. The molecule has 0 aliphatic carbocycles. The minimum absolute atomic E-state index is 0.153. The predicted octanol–water partition coefficient (Wildman–Crippen LogP) is 3.20. The van der Waals surface area contributed by atoms with Gasteiger partial charge in [0.25, 0.3) is 0 Å². The molecule has 30 heavy (non-hydrogen) atoms. The van der Waals surface area contributed by atoms with Gasteiger partial charge in [0.15, 0.2) is 0 Å². The quantitative estimate of drug-likeness (QED) is 0.431. The van der Waals surface area contributed by atoms with Gasteiger partial charge in [-0.15, -0.1) is 0 Å². The van der Waals surface area contributed by atoms with Crippen molar-refractivity contribution in [2.24, 2.45) is 0 Å². The zero-order valence-corrected chi connectivity index (χ0v) is 14.0. The average Bonchev–Trinajstić information content (AvgIpc) is 3.07. The molecule has 0 spiro atoms. The van der Waals surface area contributed by atoms with E-state index in [1.165, 1.54) is 0 Å². The maximum absolute atomic E-state index is 13.2. The SMILES string of the molecule is O=c1oc(=O)c2c(-c3cc(C(F)(F)F)cc(C(F)(F)F)c3)c3c(=O)oc(=O)c3cc12. The molecule has 0 saturated carbocycles. The van der Waals surface area contributed by atoms with E-state index >= 15 is 0 Å². The van der Waals surface area contributed by atoms with E-state index in [2.05, 4.69) is 8.83 Å². The van der Waals surface area contributed by atoms with Crippen molar-refractivity contribution in [1.82, 2.24) is 0 Å². The summed E-state index contributed by atoms with van der Waals surface area (Å²) in [5.74, 6) is 0. The van der Waals surface area contributed by atoms with Crippen LogP contribution in [0.5, 0.6) is 0 Å². The fraction of sp³-hybridized carbons (Fsp3) is 0.111. The molecule has 0 aliphatic heterocycles. The minimum atomic E-state index is -5.22. The highest BCUT2D eigenvalue weighted by molar-refractivity contribution is 6.11. The molecule has 0 fully saturated rings. The Morgan fingerprint density at radius 2 is 0.967 bits per heavy atom. The summed E-state index contributed by atoms with van der Waals surface area (Å²) in [6, 6.07) is 1.14. The number of halogens is 6. The third kappa shape index (κ3) is 2.83. The van der Waals surface area contributed by atoms with E-state index in [9.17, 15) is 45.5 Å². The number of furan rings is 2. The van der Waals surface area contributed by atoms with Crippen LogP contribution >= 0.6 is 0 Å². The van der Waals surface area contributed by atoms with Gasteiger partial charge in [-0.3, -0.25) is 0 Å². The molecule has 2 heterocycles. The van der Waals surface area contributed by atoms with Crippen LogP contribution in [0.15, 0.2) is 52.3 Å². The van der Waals surface area contributed by atoms with E-state index in [1.54, 1.807) is 0 Å². The maximum atomic E-state index is 13.2. The fourth-order valence-corrected chi connectivity index (χ4v) is 3.20. The number of hydrogen-bond acceptors (Lipinski definition) is 6. The van der Waals surface area contributed by atoms with Gasteiger partial charge in [0.05, 0.1) is 32.7 Å². The number of benzene rings is 2. The molecule has 0 unspecified atom stereocenters. The monoisotopic (exact) mass is 430 g/mol. The molecule has 2 aromatic carbocycles. The molecular formula is C18H4F6O6. The second kappa shape index (κ2) is 5.90. The topological polar surface area (TPSA) is 94.6 Å². The molecule has 0 atom stereocenters. The van der Waals surface area contributed by atoms with E-state index < -0.39 is 78.7 Å². The average molecular weight is 430 g/mol. The first-order valence-electron chi connectivity index (χ1n) is 7.83. The van der Waals surface area contributed by atoms with Crippen molar-refractivity contribution in [2.45, 2.75) is 12.4 Å². The molecule has 0 amide bonds. The lowest BCUT2D eigenvalue weighted by Crippen LogP contribution is -2.11. The summed E-state index contributed by atoms with van der Waals surface area (Å²) in [7, 11) is 0. The van der Waals surface area contributed by atoms with Crippen molar-refractivity contribution < 1.29 is 35.2 Å². The third-order valence-corrected chi connectivity index (χ3v) is 4.42. The summed E-state index contributed by atoms with van der Waals surface area (Å²) in [6.07, 6.45) is -10.4. The molecule has 0 bridgehead atoms. The van der Waals surface area contributed by atoms with Crippen LogP contribution in [0.2, 0.25) is 0 Å². The zero-order chi connectivity index (χ0) is 22.2. The summed E-state index contributed by atoms with van der Waals surface area (Å²) in [5, 5.41) is -2.66. The normalized spacial score (nSPS) is 12.9. The third-order valence-electron chi connectivity index (χ3n) is 4.42. The summed E-state index contributed by atoms with van der Waals surface area (Å²) >= 11 is 0. The molecule has 6 nitrogen and oxygen atoms in total. The standard InChI is InChI=1S/C18H4F6O6/c19-17(20,21)6-1-5(2-7(3-6)18(22,23)24)10-11-8(13(25)29-15(11)27)4-9-12(10)16(28)30-14(9)26/h1-4H. The summed E-state index contributed by atoms with van der Waals surface area (Å²) in [5.41, 5.74) is -10.5. The smallest absolute Gasteiger partial charge is 0.386 e. The molecule has 4 aromatic rings. The van der Waals surface area contributed by atoms with Gasteiger partial charge in [-0.05, 0) is 29.8 Å². The second-order valence-corrected chi connectivity index (χ2v) is 6.25. The van der Waals surface area contributed by atoms with Crippen LogP contribution in [0, 0.1) is 0 Å². The highest BCUT2D eigenvalue weighted by Gasteiger charge is 2.37. The Labute approximate surface area is 158 Å². The van der Waals surface area contributed by atoms with Gasteiger partial charge in [-0.2, -0.15) is 26.3 Å². The zero-order valence-electron chi connectivity index (χ0n) is 14.0. The van der Waals surface area contributed by atoms with Gasteiger partial charge in [0.2, 0.25) is 0 Å². The number of rotatable bonds is 1. The highest BCUT2D eigenvalue weighted by atomic mass is 19.4. The molecule has 154 valence electrons. The summed E-state index contributed by atoms with van der Waals surface area (Å²) in [6.45, 7) is 0. The van der Waals surface area contributed by atoms with Gasteiger partial charge < -0.3 is 8.83 Å². The van der Waals surface area contributed by atoms with E-state index in [1.807, 2.05) is 0 Å². The molecule has 2 aromatic heterocycles. The Morgan fingerprint density at radius 3 is 1.33 bits per heavy atom. The van der Waals surface area contributed by atoms with Crippen molar-refractivity contribution in [2.75, 3.05) is 0 Å². The van der Waals surface area contributed by atoms with Crippen molar-refractivity contribution in [1.29, 1.82) is 0 Å². The molecule has 0 aliphatic rings. The van der Waals surface area contributed by atoms with Crippen molar-refractivity contribution >= 4 is 21.5 Å². The van der Waals surface area contributed by atoms with E-state index in [0.717, 1.165) is 6.07 Å². The largest absolute Gasteiger partial charge is 0.416 e. The van der Waals surface area contributed by atoms with Crippen LogP contribution in [-0.2, 0) is 12.4 Å². The van der Waals surface area contributed by atoms with Crippen LogP contribution < -0.4 is 22.5 Å². The van der Waals surface area contributed by atoms with Gasteiger partial charge >= 0.3 is 34.9 Å². The van der Waals surface area contributed by atoms with Gasteiger partial charge in [0, 0.05) is 5.56 Å². The lowest BCUT2D eigenvalue weighted by atomic mass is 9.93. The van der Waals surface area contributed by atoms with Gasteiger partial charge in [0.1, 0.15) is 0 Å².